The van der Waals surface area contributed by atoms with E-state index in [1.165, 1.54) is 0 Å². The maximum Gasteiger partial charge on any atom is 0.334 e. The van der Waals surface area contributed by atoms with Gasteiger partial charge in [-0.1, -0.05) is 108 Å². The highest BCUT2D eigenvalue weighted by molar-refractivity contribution is 6.31. The molecule has 0 heterocycles. The van der Waals surface area contributed by atoms with Gasteiger partial charge in [-0.15, -0.1) is 0 Å². The third-order valence-electron chi connectivity index (χ3n) is 5.82. The minimum Gasteiger partial charge on any atom is -0.496 e. The number of hydrogen-bond acceptors (Lipinski definition) is 4. The number of para-hydroxylation sites is 1. The van der Waals surface area contributed by atoms with E-state index in [1.807, 2.05) is 106 Å². The molecule has 0 amide bonds. The van der Waals surface area contributed by atoms with Crippen LogP contribution >= 0.6 is 11.6 Å². The Hall–Kier alpha value is -3.11. The van der Waals surface area contributed by atoms with Crippen molar-refractivity contribution in [3.8, 4) is 5.75 Å². The molecule has 0 fully saturated rings. The van der Waals surface area contributed by atoms with Crippen molar-refractivity contribution in [2.75, 3.05) is 7.11 Å². The van der Waals surface area contributed by atoms with Gasteiger partial charge in [0.15, 0.2) is 5.78 Å². The molecule has 0 aliphatic rings. The van der Waals surface area contributed by atoms with E-state index in [0.29, 0.717) is 23.4 Å². The zero-order valence-electron chi connectivity index (χ0n) is 28.2. The molecular formula is C37H55ClO4. The summed E-state index contributed by atoms with van der Waals surface area (Å²) in [5.74, 6) is 0.735. The van der Waals surface area contributed by atoms with E-state index < -0.39 is 5.60 Å². The van der Waals surface area contributed by atoms with Gasteiger partial charge >= 0.3 is 5.97 Å². The largest absolute Gasteiger partial charge is 0.496 e. The number of ether oxygens (including phenoxy) is 2. The summed E-state index contributed by atoms with van der Waals surface area (Å²) >= 11 is 5.86. The van der Waals surface area contributed by atoms with Crippen molar-refractivity contribution in [1.29, 1.82) is 0 Å². The lowest BCUT2D eigenvalue weighted by Gasteiger charge is -2.20. The molecule has 0 spiro atoms. The van der Waals surface area contributed by atoms with Gasteiger partial charge in [0.2, 0.25) is 0 Å². The number of aryl methyl sites for hydroxylation is 1. The van der Waals surface area contributed by atoms with Crippen molar-refractivity contribution in [1.82, 2.24) is 0 Å². The molecular weight excluding hydrogens is 544 g/mol. The average Bonchev–Trinajstić information content (AvgIpc) is 2.97. The monoisotopic (exact) mass is 598 g/mol. The smallest absolute Gasteiger partial charge is 0.334 e. The molecule has 4 nitrogen and oxygen atoms in total. The topological polar surface area (TPSA) is 52.6 Å². The quantitative estimate of drug-likeness (QED) is 0.136. The average molecular weight is 599 g/mol. The fourth-order valence-electron chi connectivity index (χ4n) is 3.82. The van der Waals surface area contributed by atoms with Crippen LogP contribution in [0.5, 0.6) is 5.75 Å². The molecule has 1 aromatic rings. The van der Waals surface area contributed by atoms with Crippen molar-refractivity contribution in [2.45, 2.75) is 107 Å². The summed E-state index contributed by atoms with van der Waals surface area (Å²) in [7, 11) is 1.68. The summed E-state index contributed by atoms with van der Waals surface area (Å²) in [5, 5.41) is 0.658. The van der Waals surface area contributed by atoms with E-state index >= 15 is 0 Å². The minimum absolute atomic E-state index is 0.154. The molecule has 234 valence electrons. The Morgan fingerprint density at radius 2 is 1.64 bits per heavy atom. The zero-order chi connectivity index (χ0) is 32.9. The third kappa shape index (κ3) is 15.2. The Morgan fingerprint density at radius 3 is 2.07 bits per heavy atom. The highest BCUT2D eigenvalue weighted by Gasteiger charge is 2.19. The van der Waals surface area contributed by atoms with Crippen LogP contribution in [0.4, 0.5) is 0 Å². The Labute approximate surface area is 261 Å². The van der Waals surface area contributed by atoms with Crippen LogP contribution in [0.1, 0.15) is 107 Å². The highest BCUT2D eigenvalue weighted by Crippen LogP contribution is 2.31. The first-order valence-electron chi connectivity index (χ1n) is 15.0. The van der Waals surface area contributed by atoms with Gasteiger partial charge in [-0.3, -0.25) is 4.79 Å². The van der Waals surface area contributed by atoms with Crippen LogP contribution in [0.2, 0.25) is 0 Å². The summed E-state index contributed by atoms with van der Waals surface area (Å²) in [6.45, 7) is 25.2. The molecule has 0 aliphatic carbocycles. The Bertz CT molecular complexity index is 1150. The molecule has 0 saturated carbocycles. The molecule has 5 heteroatoms. The number of Topliss-reactive ketones (excluding diaryl/α,β-unsaturated/α-hetero) is 1. The van der Waals surface area contributed by atoms with E-state index in [0.717, 1.165) is 46.4 Å². The standard InChI is InChI=1S/C23H32O3.C12H17ClO.C2H6/c1-8-12-19(22(24)26-23(4,5)6)16-15-17(9-2)20-14-11-13-18(10-3)21(20)25-7;1-5-10(13)8-9(4)11(6-2)12(14)7-3;1-2/h9,11,13-16H,2,8,10,12H2,1,3-7H3;5-6,8H,7H2,1-4H3;1-2H3/b17-15+,19-16+;9-8-,10-5+,11-6+;. The summed E-state index contributed by atoms with van der Waals surface area (Å²) in [5.41, 5.74) is 4.85. The first-order chi connectivity index (χ1) is 19.8. The summed E-state index contributed by atoms with van der Waals surface area (Å²) in [6, 6.07) is 6.08. The second-order valence-electron chi connectivity index (χ2n) is 10.1. The highest BCUT2D eigenvalue weighted by atomic mass is 35.5. The predicted molar refractivity (Wildman–Crippen MR) is 183 cm³/mol. The Morgan fingerprint density at radius 1 is 1.02 bits per heavy atom. The molecule has 1 rings (SSSR count). The van der Waals surface area contributed by atoms with Gasteiger partial charge in [-0.05, 0) is 77.2 Å². The van der Waals surface area contributed by atoms with E-state index in [-0.39, 0.29) is 11.8 Å². The van der Waals surface area contributed by atoms with Gasteiger partial charge in [0.05, 0.1) is 7.11 Å². The van der Waals surface area contributed by atoms with Crippen LogP contribution in [0.25, 0.3) is 5.57 Å². The minimum atomic E-state index is -0.506. The number of ketones is 1. The molecule has 0 bridgehead atoms. The van der Waals surface area contributed by atoms with E-state index in [1.54, 1.807) is 19.3 Å². The van der Waals surface area contributed by atoms with Gasteiger partial charge in [0, 0.05) is 28.2 Å². The first kappa shape index (κ1) is 41.0. The van der Waals surface area contributed by atoms with Crippen LogP contribution in [-0.2, 0) is 20.7 Å². The predicted octanol–water partition coefficient (Wildman–Crippen LogP) is 10.9. The molecule has 1 aromatic carbocycles. The van der Waals surface area contributed by atoms with Crippen LogP contribution in [-0.4, -0.2) is 24.5 Å². The Kier molecular flexibility index (Phi) is 22.0. The number of benzene rings is 1. The van der Waals surface area contributed by atoms with Gasteiger partial charge in [0.25, 0.3) is 0 Å². The van der Waals surface area contributed by atoms with Crippen LogP contribution in [0.3, 0.4) is 0 Å². The van der Waals surface area contributed by atoms with Crippen LogP contribution in [0.15, 0.2) is 83.0 Å². The van der Waals surface area contributed by atoms with Crippen LogP contribution < -0.4 is 4.74 Å². The van der Waals surface area contributed by atoms with Crippen LogP contribution in [0, 0.1) is 0 Å². The van der Waals surface area contributed by atoms with Crippen molar-refractivity contribution >= 4 is 28.9 Å². The summed E-state index contributed by atoms with van der Waals surface area (Å²) < 4.78 is 11.1. The number of esters is 1. The third-order valence-corrected chi connectivity index (χ3v) is 6.15. The number of rotatable bonds is 12. The second-order valence-corrected chi connectivity index (χ2v) is 10.5. The van der Waals surface area contributed by atoms with Crippen molar-refractivity contribution < 1.29 is 19.1 Å². The van der Waals surface area contributed by atoms with Crippen molar-refractivity contribution in [3.63, 3.8) is 0 Å². The summed E-state index contributed by atoms with van der Waals surface area (Å²) in [6.07, 6.45) is 13.9. The van der Waals surface area contributed by atoms with Gasteiger partial charge < -0.3 is 9.47 Å². The molecule has 42 heavy (non-hydrogen) atoms. The lowest BCUT2D eigenvalue weighted by Crippen LogP contribution is -2.24. The normalized spacial score (nSPS) is 12.8. The molecule has 0 aliphatic heterocycles. The lowest BCUT2D eigenvalue weighted by molar-refractivity contribution is -0.150. The second kappa shape index (κ2) is 22.5. The number of halogens is 1. The lowest BCUT2D eigenvalue weighted by atomic mass is 9.99. The molecule has 0 atom stereocenters. The van der Waals surface area contributed by atoms with Crippen molar-refractivity contribution in [2.24, 2.45) is 0 Å². The molecule has 0 radical (unpaired) electrons. The fourth-order valence-corrected chi connectivity index (χ4v) is 3.99. The molecule has 0 aromatic heterocycles. The maximum atomic E-state index is 12.4. The number of carbonyl (C=O) groups is 2. The van der Waals surface area contributed by atoms with E-state index in [4.69, 9.17) is 21.1 Å². The first-order valence-corrected chi connectivity index (χ1v) is 15.3. The molecule has 0 N–H and O–H groups in total. The molecule has 0 saturated heterocycles. The van der Waals surface area contributed by atoms with E-state index in [2.05, 4.69) is 19.6 Å². The fraction of sp³-hybridized carbons (Fsp3) is 0.459. The number of allylic oxidation sites excluding steroid dienone is 10. The van der Waals surface area contributed by atoms with Gasteiger partial charge in [-0.25, -0.2) is 4.79 Å². The summed E-state index contributed by atoms with van der Waals surface area (Å²) in [4.78, 5) is 23.9. The Balaban J connectivity index is 0. The zero-order valence-corrected chi connectivity index (χ0v) is 29.0. The van der Waals surface area contributed by atoms with Gasteiger partial charge in [0.1, 0.15) is 11.4 Å². The van der Waals surface area contributed by atoms with E-state index in [9.17, 15) is 9.59 Å². The number of carbonyl (C=O) groups excluding carboxylic acids is 2. The maximum absolute atomic E-state index is 12.4. The van der Waals surface area contributed by atoms with Gasteiger partial charge in [-0.2, -0.15) is 0 Å². The van der Waals surface area contributed by atoms with Crippen molar-refractivity contribution in [3.05, 3.63) is 94.1 Å². The number of hydrogen-bond donors (Lipinski definition) is 0. The SMILES string of the molecule is C=C/C(=C\C=C(/CCC)C(=O)OC(C)(C)C)c1cccc(CC)c1OC.CC.C\C=C(Cl)/C=C(C)\C(=C/C)C(=O)CC. The number of methoxy groups -OCH3 is 1. The molecule has 0 unspecified atom stereocenters.